The van der Waals surface area contributed by atoms with Crippen molar-refractivity contribution in [3.05, 3.63) is 34.9 Å². The highest BCUT2D eigenvalue weighted by molar-refractivity contribution is 6.31. The molecule has 8 heteroatoms. The lowest BCUT2D eigenvalue weighted by molar-refractivity contribution is -0.177. The fraction of sp³-hybridized carbons (Fsp3) is 0.591. The van der Waals surface area contributed by atoms with Crippen LogP contribution in [-0.2, 0) is 29.2 Å². The van der Waals surface area contributed by atoms with E-state index in [1.54, 1.807) is 12.1 Å². The lowest BCUT2D eigenvalue weighted by Gasteiger charge is -2.37. The Bertz CT molecular complexity index is 809. The summed E-state index contributed by atoms with van der Waals surface area (Å²) in [5, 5.41) is 3.17. The predicted molar refractivity (Wildman–Crippen MR) is 110 cm³/mol. The van der Waals surface area contributed by atoms with Crippen LogP contribution in [0.25, 0.3) is 0 Å². The summed E-state index contributed by atoms with van der Waals surface area (Å²) in [5.74, 6) is -0.395. The van der Waals surface area contributed by atoms with Crippen LogP contribution in [0.3, 0.4) is 0 Å². The lowest BCUT2D eigenvalue weighted by Crippen LogP contribution is -2.49. The molecule has 1 N–H and O–H groups in total. The molecular weight excluding hydrogens is 410 g/mol. The zero-order valence-electron chi connectivity index (χ0n) is 17.4. The van der Waals surface area contributed by atoms with Gasteiger partial charge in [-0.05, 0) is 24.5 Å². The molecule has 2 fully saturated rings. The van der Waals surface area contributed by atoms with Gasteiger partial charge in [-0.15, -0.1) is 0 Å². The van der Waals surface area contributed by atoms with Gasteiger partial charge in [-0.3, -0.25) is 9.59 Å². The number of benzene rings is 1. The van der Waals surface area contributed by atoms with Gasteiger partial charge in [0, 0.05) is 30.3 Å². The number of hydrogen-bond acceptors (Lipinski definition) is 6. The Labute approximate surface area is 181 Å². The van der Waals surface area contributed by atoms with Crippen molar-refractivity contribution in [3.8, 4) is 0 Å². The topological polar surface area (TPSA) is 90.9 Å². The Balaban J connectivity index is 1.57. The lowest BCUT2D eigenvalue weighted by atomic mass is 9.68. The molecule has 0 spiro atoms. The minimum Gasteiger partial charge on any atom is -0.425 e. The average molecular weight is 438 g/mol. The normalized spacial score (nSPS) is 23.8. The van der Waals surface area contributed by atoms with E-state index in [-0.39, 0.29) is 24.2 Å². The van der Waals surface area contributed by atoms with Crippen molar-refractivity contribution >= 4 is 29.4 Å². The molecule has 164 valence electrons. The molecule has 2 aliphatic rings. The molecule has 1 aliphatic carbocycles. The van der Waals surface area contributed by atoms with Gasteiger partial charge in [0.2, 0.25) is 6.29 Å². The number of Topliss-reactive ketones (excluding diaryl/α,β-unsaturated/α-hetero) is 1. The van der Waals surface area contributed by atoms with Gasteiger partial charge >= 0.3 is 12.1 Å². The number of esters is 1. The van der Waals surface area contributed by atoms with Crippen LogP contribution in [0.15, 0.2) is 24.3 Å². The summed E-state index contributed by atoms with van der Waals surface area (Å²) in [4.78, 5) is 37.2. The molecule has 1 aromatic carbocycles. The SMILES string of the molecule is CC(OC(=O)CC1(C)COC1)OC(=O)NC[C@]1(c2ccccc2Cl)CCCCC1=O. The number of rotatable bonds is 7. The maximum atomic E-state index is 12.9. The third kappa shape index (κ3) is 5.13. The third-order valence-corrected chi connectivity index (χ3v) is 6.09. The number of nitrogens with one attached hydrogen (secondary N) is 1. The largest absolute Gasteiger partial charge is 0.425 e. The van der Waals surface area contributed by atoms with Crippen molar-refractivity contribution in [3.63, 3.8) is 0 Å². The van der Waals surface area contributed by atoms with Crippen molar-refractivity contribution in [1.82, 2.24) is 5.32 Å². The summed E-state index contributed by atoms with van der Waals surface area (Å²) in [6.45, 7) is 4.51. The molecule has 0 bridgehead atoms. The highest BCUT2D eigenvalue weighted by Gasteiger charge is 2.43. The Kier molecular flexibility index (Phi) is 7.03. The number of alkyl carbamates (subject to hydrolysis) is 1. The van der Waals surface area contributed by atoms with Gasteiger partial charge in [0.25, 0.3) is 0 Å². The van der Waals surface area contributed by atoms with E-state index >= 15 is 0 Å². The molecule has 1 heterocycles. The molecule has 1 aromatic rings. The first kappa shape index (κ1) is 22.6. The van der Waals surface area contributed by atoms with Gasteiger partial charge in [-0.1, -0.05) is 43.1 Å². The maximum Gasteiger partial charge on any atom is 0.410 e. The number of carbonyl (C=O) groups is 3. The molecule has 1 unspecified atom stereocenters. The van der Waals surface area contributed by atoms with Crippen LogP contribution in [0.2, 0.25) is 5.02 Å². The molecule has 2 atom stereocenters. The summed E-state index contributed by atoms with van der Waals surface area (Å²) in [6, 6.07) is 7.21. The second-order valence-electron chi connectivity index (χ2n) is 8.49. The summed E-state index contributed by atoms with van der Waals surface area (Å²) in [6.07, 6.45) is 1.14. The van der Waals surface area contributed by atoms with Gasteiger partial charge in [0.15, 0.2) is 0 Å². The van der Waals surface area contributed by atoms with Crippen molar-refractivity contribution in [2.75, 3.05) is 19.8 Å². The first-order chi connectivity index (χ1) is 14.2. The number of halogens is 1. The molecule has 1 aliphatic heterocycles. The van der Waals surface area contributed by atoms with Crippen molar-refractivity contribution in [1.29, 1.82) is 0 Å². The van der Waals surface area contributed by atoms with Crippen LogP contribution in [0, 0.1) is 5.41 Å². The number of ether oxygens (including phenoxy) is 3. The van der Waals surface area contributed by atoms with Crippen LogP contribution in [0.4, 0.5) is 4.79 Å². The van der Waals surface area contributed by atoms with Crippen molar-refractivity contribution in [2.45, 2.75) is 57.7 Å². The fourth-order valence-corrected chi connectivity index (χ4v) is 4.39. The summed E-state index contributed by atoms with van der Waals surface area (Å²) in [5.41, 5.74) is -0.386. The van der Waals surface area contributed by atoms with E-state index in [1.165, 1.54) is 6.92 Å². The van der Waals surface area contributed by atoms with Crippen LogP contribution in [0.5, 0.6) is 0 Å². The second kappa shape index (κ2) is 9.35. The molecule has 7 nitrogen and oxygen atoms in total. The molecular formula is C22H28ClNO6. The van der Waals surface area contributed by atoms with Crippen LogP contribution < -0.4 is 5.32 Å². The quantitative estimate of drug-likeness (QED) is 0.515. The van der Waals surface area contributed by atoms with Crippen molar-refractivity contribution in [2.24, 2.45) is 5.41 Å². The van der Waals surface area contributed by atoms with Crippen LogP contribution >= 0.6 is 11.6 Å². The summed E-state index contributed by atoms with van der Waals surface area (Å²) < 4.78 is 15.4. The van der Waals surface area contributed by atoms with E-state index in [2.05, 4.69) is 5.32 Å². The first-order valence-electron chi connectivity index (χ1n) is 10.2. The monoisotopic (exact) mass is 437 g/mol. The van der Waals surface area contributed by atoms with E-state index in [0.717, 1.165) is 12.8 Å². The van der Waals surface area contributed by atoms with Crippen LogP contribution in [-0.4, -0.2) is 43.9 Å². The molecule has 0 aromatic heterocycles. The van der Waals surface area contributed by atoms with Gasteiger partial charge in [-0.2, -0.15) is 0 Å². The zero-order valence-corrected chi connectivity index (χ0v) is 18.1. The van der Waals surface area contributed by atoms with E-state index in [1.807, 2.05) is 19.1 Å². The molecule has 1 saturated heterocycles. The Morgan fingerprint density at radius 1 is 1.23 bits per heavy atom. The number of hydrogen-bond donors (Lipinski definition) is 1. The highest BCUT2D eigenvalue weighted by atomic mass is 35.5. The minimum atomic E-state index is -1.04. The van der Waals surface area contributed by atoms with E-state index in [4.69, 9.17) is 25.8 Å². The van der Waals surface area contributed by atoms with Gasteiger partial charge in [0.05, 0.1) is 25.0 Å². The van der Waals surface area contributed by atoms with Gasteiger partial charge in [-0.25, -0.2) is 4.79 Å². The third-order valence-electron chi connectivity index (χ3n) is 5.76. The van der Waals surface area contributed by atoms with Crippen LogP contribution in [0.1, 0.15) is 51.5 Å². The van der Waals surface area contributed by atoms with Gasteiger partial charge < -0.3 is 19.5 Å². The fourth-order valence-electron chi connectivity index (χ4n) is 4.07. The van der Waals surface area contributed by atoms with E-state index in [0.29, 0.717) is 36.6 Å². The first-order valence-corrected chi connectivity index (χ1v) is 10.6. The predicted octanol–water partition coefficient (Wildman–Crippen LogP) is 3.76. The smallest absolute Gasteiger partial charge is 0.410 e. The van der Waals surface area contributed by atoms with E-state index in [9.17, 15) is 14.4 Å². The summed E-state index contributed by atoms with van der Waals surface area (Å²) in [7, 11) is 0. The average Bonchev–Trinajstić information content (AvgIpc) is 2.66. The number of ketones is 1. The Hall–Kier alpha value is -2.12. The molecule has 0 radical (unpaired) electrons. The molecule has 1 amide bonds. The standard InChI is InChI=1S/C22H28ClNO6/c1-15(29-19(26)11-21(2)13-28-14-21)30-20(27)24-12-22(10-6-5-9-18(22)25)16-7-3-4-8-17(16)23/h3-4,7-8,15H,5-6,9-14H2,1-2H3,(H,24,27)/t15?,22-/m0/s1. The second-order valence-corrected chi connectivity index (χ2v) is 8.90. The minimum absolute atomic E-state index is 0.0533. The zero-order chi connectivity index (χ0) is 21.8. The van der Waals surface area contributed by atoms with E-state index < -0.39 is 23.8 Å². The summed E-state index contributed by atoms with van der Waals surface area (Å²) >= 11 is 6.38. The molecule has 1 saturated carbocycles. The highest BCUT2D eigenvalue weighted by Crippen LogP contribution is 2.39. The number of carbonyl (C=O) groups excluding carboxylic acids is 3. The Morgan fingerprint density at radius 3 is 2.60 bits per heavy atom. The molecule has 3 rings (SSSR count). The molecule has 30 heavy (non-hydrogen) atoms. The Morgan fingerprint density at radius 2 is 1.97 bits per heavy atom. The van der Waals surface area contributed by atoms with Gasteiger partial charge in [0.1, 0.15) is 5.78 Å². The number of amides is 1. The maximum absolute atomic E-state index is 12.9. The van der Waals surface area contributed by atoms with Crippen molar-refractivity contribution < 1.29 is 28.6 Å².